The van der Waals surface area contributed by atoms with Crippen LogP contribution in [0, 0.1) is 0 Å². The predicted molar refractivity (Wildman–Crippen MR) is 224 cm³/mol. The van der Waals surface area contributed by atoms with Crippen LogP contribution >= 0.6 is 0 Å². The maximum atomic E-state index is 12.7. The normalized spacial score (nSPS) is 12.1. The smallest absolute Gasteiger partial charge is 0.306 e. The summed E-state index contributed by atoms with van der Waals surface area (Å²) >= 11 is 0. The van der Waals surface area contributed by atoms with Crippen LogP contribution in [-0.2, 0) is 23.8 Å². The predicted octanol–water partition coefficient (Wildman–Crippen LogP) is 15.1. The van der Waals surface area contributed by atoms with Crippen molar-refractivity contribution in [2.75, 3.05) is 19.8 Å². The van der Waals surface area contributed by atoms with Gasteiger partial charge in [-0.1, -0.05) is 206 Å². The summed E-state index contributed by atoms with van der Waals surface area (Å²) in [5, 5.41) is 0. The van der Waals surface area contributed by atoms with E-state index >= 15 is 0 Å². The topological polar surface area (TPSA) is 61.8 Å². The molecule has 0 aromatic carbocycles. The average Bonchev–Trinajstić information content (AvgIpc) is 3.14. The van der Waals surface area contributed by atoms with E-state index in [1.165, 1.54) is 173 Å². The molecular formula is C47H90O5. The minimum atomic E-state index is -0.527. The summed E-state index contributed by atoms with van der Waals surface area (Å²) < 4.78 is 17.3. The van der Waals surface area contributed by atoms with Crippen LogP contribution in [0.15, 0.2) is 12.2 Å². The summed E-state index contributed by atoms with van der Waals surface area (Å²) in [4.78, 5) is 25.2. The Hall–Kier alpha value is -1.36. The van der Waals surface area contributed by atoms with Crippen molar-refractivity contribution in [3.63, 3.8) is 0 Å². The molecule has 0 N–H and O–H groups in total. The second-order valence-corrected chi connectivity index (χ2v) is 15.7. The molecule has 0 rings (SSSR count). The standard InChI is InChI=1S/C47H90O5/c1-4-7-10-13-16-19-21-23-24-26-27-29-31-34-37-40-46(48)51-44-45(43-50-42-39-36-33-18-15-12-9-6-3)52-47(49)41-38-35-32-30-28-25-22-20-17-14-11-8-5-2/h20,22,45H,4-19,21,23-44H2,1-3H3/b22-20-. The van der Waals surface area contributed by atoms with E-state index in [0.717, 1.165) is 44.9 Å². The van der Waals surface area contributed by atoms with Gasteiger partial charge in [-0.05, 0) is 44.9 Å². The van der Waals surface area contributed by atoms with Crippen LogP contribution < -0.4 is 0 Å². The first kappa shape index (κ1) is 50.6. The Morgan fingerprint density at radius 1 is 0.404 bits per heavy atom. The minimum Gasteiger partial charge on any atom is -0.462 e. The minimum absolute atomic E-state index is 0.0901. The number of ether oxygens (including phenoxy) is 3. The van der Waals surface area contributed by atoms with Gasteiger partial charge in [0.05, 0.1) is 6.61 Å². The number of hydrogen-bond acceptors (Lipinski definition) is 5. The van der Waals surface area contributed by atoms with Gasteiger partial charge in [0.1, 0.15) is 6.61 Å². The Kier molecular flexibility index (Phi) is 42.9. The number of hydrogen-bond donors (Lipinski definition) is 0. The molecule has 0 heterocycles. The van der Waals surface area contributed by atoms with Crippen molar-refractivity contribution in [3.8, 4) is 0 Å². The molecule has 0 amide bonds. The van der Waals surface area contributed by atoms with Gasteiger partial charge in [0, 0.05) is 19.4 Å². The Bertz CT molecular complexity index is 750. The largest absolute Gasteiger partial charge is 0.462 e. The maximum absolute atomic E-state index is 12.7. The average molecular weight is 735 g/mol. The molecule has 308 valence electrons. The third-order valence-corrected chi connectivity index (χ3v) is 10.3. The fraction of sp³-hybridized carbons (Fsp3) is 0.915. The van der Waals surface area contributed by atoms with Crippen molar-refractivity contribution < 1.29 is 23.8 Å². The number of carbonyl (C=O) groups is 2. The third-order valence-electron chi connectivity index (χ3n) is 10.3. The van der Waals surface area contributed by atoms with Gasteiger partial charge in [-0.25, -0.2) is 0 Å². The Balaban J connectivity index is 4.15. The Morgan fingerprint density at radius 3 is 1.19 bits per heavy atom. The molecule has 1 atom stereocenters. The van der Waals surface area contributed by atoms with Gasteiger partial charge >= 0.3 is 11.9 Å². The zero-order valence-corrected chi connectivity index (χ0v) is 35.4. The van der Waals surface area contributed by atoms with Gasteiger partial charge in [-0.3, -0.25) is 9.59 Å². The van der Waals surface area contributed by atoms with Crippen LogP contribution in [0.3, 0.4) is 0 Å². The van der Waals surface area contributed by atoms with Crippen LogP contribution in [0.5, 0.6) is 0 Å². The molecule has 0 aliphatic heterocycles. The molecule has 0 aromatic heterocycles. The van der Waals surface area contributed by atoms with Crippen LogP contribution in [0.4, 0.5) is 0 Å². The zero-order valence-electron chi connectivity index (χ0n) is 35.4. The van der Waals surface area contributed by atoms with Gasteiger partial charge in [0.2, 0.25) is 0 Å². The summed E-state index contributed by atoms with van der Waals surface area (Å²) in [5.74, 6) is -0.393. The van der Waals surface area contributed by atoms with E-state index in [1.807, 2.05) is 0 Å². The highest BCUT2D eigenvalue weighted by Gasteiger charge is 2.17. The van der Waals surface area contributed by atoms with E-state index in [-0.39, 0.29) is 18.5 Å². The first-order valence-electron chi connectivity index (χ1n) is 23.2. The third kappa shape index (κ3) is 41.4. The molecule has 0 bridgehead atoms. The van der Waals surface area contributed by atoms with Crippen molar-refractivity contribution in [2.24, 2.45) is 0 Å². The van der Waals surface area contributed by atoms with Crippen molar-refractivity contribution in [1.82, 2.24) is 0 Å². The molecule has 0 aliphatic carbocycles. The van der Waals surface area contributed by atoms with Crippen molar-refractivity contribution in [2.45, 2.75) is 258 Å². The van der Waals surface area contributed by atoms with Crippen LogP contribution in [0.2, 0.25) is 0 Å². The van der Waals surface area contributed by atoms with Crippen LogP contribution in [-0.4, -0.2) is 37.9 Å². The van der Waals surface area contributed by atoms with Gasteiger partial charge in [0.15, 0.2) is 6.10 Å². The van der Waals surface area contributed by atoms with Gasteiger partial charge in [-0.2, -0.15) is 0 Å². The second kappa shape index (κ2) is 44.0. The fourth-order valence-electron chi connectivity index (χ4n) is 6.80. The number of esters is 2. The van der Waals surface area contributed by atoms with Crippen LogP contribution in [0.25, 0.3) is 0 Å². The van der Waals surface area contributed by atoms with Crippen molar-refractivity contribution in [3.05, 3.63) is 12.2 Å². The monoisotopic (exact) mass is 735 g/mol. The lowest BCUT2D eigenvalue weighted by molar-refractivity contribution is -0.163. The molecule has 0 saturated carbocycles. The number of carbonyl (C=O) groups excluding carboxylic acids is 2. The Morgan fingerprint density at radius 2 is 0.750 bits per heavy atom. The van der Waals surface area contributed by atoms with Gasteiger partial charge in [0.25, 0.3) is 0 Å². The summed E-state index contributed by atoms with van der Waals surface area (Å²) in [7, 11) is 0. The van der Waals surface area contributed by atoms with Crippen LogP contribution in [0.1, 0.15) is 252 Å². The van der Waals surface area contributed by atoms with E-state index in [0.29, 0.717) is 26.1 Å². The highest BCUT2D eigenvalue weighted by Crippen LogP contribution is 2.15. The number of allylic oxidation sites excluding steroid dienone is 2. The summed E-state index contributed by atoms with van der Waals surface area (Å²) in [6, 6.07) is 0. The molecule has 0 spiro atoms. The van der Waals surface area contributed by atoms with E-state index in [4.69, 9.17) is 14.2 Å². The first-order chi connectivity index (χ1) is 25.6. The molecule has 0 fully saturated rings. The molecule has 0 radical (unpaired) electrons. The zero-order chi connectivity index (χ0) is 37.8. The SMILES string of the molecule is CCCCCC/C=C\CCCCCCCC(=O)OC(COCCCCCCCCCC)COC(=O)CCCCCCCCCCCCCCCCC. The molecule has 5 nitrogen and oxygen atoms in total. The number of unbranched alkanes of at least 4 members (excludes halogenated alkanes) is 30. The first-order valence-corrected chi connectivity index (χ1v) is 23.2. The lowest BCUT2D eigenvalue weighted by Gasteiger charge is -2.18. The van der Waals surface area contributed by atoms with E-state index in [2.05, 4.69) is 32.9 Å². The van der Waals surface area contributed by atoms with Gasteiger partial charge in [-0.15, -0.1) is 0 Å². The quantitative estimate of drug-likeness (QED) is 0.0355. The van der Waals surface area contributed by atoms with Crippen molar-refractivity contribution in [1.29, 1.82) is 0 Å². The maximum Gasteiger partial charge on any atom is 0.306 e. The lowest BCUT2D eigenvalue weighted by Crippen LogP contribution is -2.30. The molecule has 1 unspecified atom stereocenters. The van der Waals surface area contributed by atoms with E-state index in [9.17, 15) is 9.59 Å². The van der Waals surface area contributed by atoms with E-state index < -0.39 is 6.10 Å². The molecule has 5 heteroatoms. The number of rotatable bonds is 43. The summed E-state index contributed by atoms with van der Waals surface area (Å²) in [6.45, 7) is 7.83. The second-order valence-electron chi connectivity index (χ2n) is 15.7. The molecule has 0 aromatic rings. The molecule has 52 heavy (non-hydrogen) atoms. The molecule has 0 aliphatic rings. The fourth-order valence-corrected chi connectivity index (χ4v) is 6.80. The summed E-state index contributed by atoms with van der Waals surface area (Å²) in [5.41, 5.74) is 0. The lowest BCUT2D eigenvalue weighted by atomic mass is 10.0. The molecular weight excluding hydrogens is 645 g/mol. The van der Waals surface area contributed by atoms with Crippen molar-refractivity contribution >= 4 is 11.9 Å². The van der Waals surface area contributed by atoms with E-state index in [1.54, 1.807) is 0 Å². The Labute approximate surface area is 325 Å². The summed E-state index contributed by atoms with van der Waals surface area (Å²) in [6.07, 6.45) is 47.8. The highest BCUT2D eigenvalue weighted by atomic mass is 16.6. The highest BCUT2D eigenvalue weighted by molar-refractivity contribution is 5.70. The van der Waals surface area contributed by atoms with Gasteiger partial charge < -0.3 is 14.2 Å². The molecule has 0 saturated heterocycles.